The molecular weight excluding hydrogens is 532 g/mol. The van der Waals surface area contributed by atoms with Crippen molar-refractivity contribution < 1.29 is 39.6 Å². The zero-order valence-electron chi connectivity index (χ0n) is 19.6. The van der Waals surface area contributed by atoms with Crippen molar-refractivity contribution in [1.29, 1.82) is 0 Å². The van der Waals surface area contributed by atoms with Gasteiger partial charge in [-0.2, -0.15) is 0 Å². The summed E-state index contributed by atoms with van der Waals surface area (Å²) in [6.45, 7) is 0. The van der Waals surface area contributed by atoms with Gasteiger partial charge in [-0.25, -0.2) is 28.3 Å². The minimum atomic E-state index is -1.52. The Labute approximate surface area is 218 Å². The first-order chi connectivity index (χ1) is 18.8. The first-order valence-electron chi connectivity index (χ1n) is 11.0. The van der Waals surface area contributed by atoms with Crippen LogP contribution in [0.1, 0.15) is 41.4 Å². The van der Waals surface area contributed by atoms with Gasteiger partial charge in [0.1, 0.15) is 0 Å². The molecule has 0 unspecified atom stereocenters. The molecule has 0 atom stereocenters. The maximum Gasteiger partial charge on any atom is 0.335 e. The molecule has 14 heteroatoms. The van der Waals surface area contributed by atoms with Gasteiger partial charge in [0.2, 0.25) is 0 Å². The van der Waals surface area contributed by atoms with Crippen molar-refractivity contribution in [2.24, 2.45) is 0 Å². The maximum atomic E-state index is 13.2. The summed E-state index contributed by atoms with van der Waals surface area (Å²) in [5.74, 6) is -6.08. The number of benzene rings is 3. The number of nitrogens with zero attached hydrogens (tertiary/aromatic N) is 2. The number of fused-ring (bicyclic) bond motifs is 2. The lowest BCUT2D eigenvalue weighted by atomic mass is 10.1. The largest absolute Gasteiger partial charge is 0.478 e. The molecule has 0 saturated heterocycles. The lowest BCUT2D eigenvalue weighted by molar-refractivity contribution is 0.0676. The summed E-state index contributed by atoms with van der Waals surface area (Å²) in [5, 5.41) is 35.9. The number of carboxylic acid groups (broad SMARTS) is 4. The second-order valence-corrected chi connectivity index (χ2v) is 8.59. The summed E-state index contributed by atoms with van der Waals surface area (Å²) >= 11 is 0. The van der Waals surface area contributed by atoms with E-state index in [1.807, 2.05) is 0 Å². The normalized spacial score (nSPS) is 11.2. The lowest BCUT2D eigenvalue weighted by Crippen LogP contribution is -2.25. The van der Waals surface area contributed by atoms with Crippen molar-refractivity contribution in [1.82, 2.24) is 9.13 Å². The Kier molecular flexibility index (Phi) is 5.54. The Morgan fingerprint density at radius 3 is 0.825 bits per heavy atom. The van der Waals surface area contributed by atoms with Gasteiger partial charge in [-0.15, -0.1) is 0 Å². The molecule has 5 rings (SSSR count). The lowest BCUT2D eigenvalue weighted by Gasteiger charge is -2.05. The fourth-order valence-corrected chi connectivity index (χ4v) is 4.42. The van der Waals surface area contributed by atoms with Crippen LogP contribution in [0.4, 0.5) is 0 Å². The number of hydrogen-bond acceptors (Lipinski definition) is 8. The SMILES string of the molecule is O=C(O)c1cc(C(=O)O)cc(-n2c(=O)c3cc4c(=O)n(-c5cc(C(=O)O)cc(C(=O)O)c5)c(=O)c4cc3c2=O)c1. The van der Waals surface area contributed by atoms with Crippen LogP contribution in [0.25, 0.3) is 32.9 Å². The highest BCUT2D eigenvalue weighted by molar-refractivity contribution is 5.99. The average molecular weight is 544 g/mol. The summed E-state index contributed by atoms with van der Waals surface area (Å²) in [6.07, 6.45) is 0. The fourth-order valence-electron chi connectivity index (χ4n) is 4.42. The van der Waals surface area contributed by atoms with E-state index in [1.54, 1.807) is 0 Å². The van der Waals surface area contributed by atoms with E-state index >= 15 is 0 Å². The molecule has 0 aliphatic carbocycles. The Bertz CT molecular complexity index is 1910. The first kappa shape index (κ1) is 25.5. The molecule has 0 radical (unpaired) electrons. The minimum Gasteiger partial charge on any atom is -0.478 e. The van der Waals surface area contributed by atoms with Crippen molar-refractivity contribution in [2.75, 3.05) is 0 Å². The van der Waals surface area contributed by atoms with Crippen molar-refractivity contribution >= 4 is 45.4 Å². The average Bonchev–Trinajstić information content (AvgIpc) is 3.30. The number of hydrogen-bond donors (Lipinski definition) is 4. The van der Waals surface area contributed by atoms with E-state index in [2.05, 4.69) is 0 Å². The third-order valence-corrected chi connectivity index (χ3v) is 6.23. The van der Waals surface area contributed by atoms with Gasteiger partial charge in [0.15, 0.2) is 0 Å². The molecule has 5 aromatic rings. The van der Waals surface area contributed by atoms with Crippen LogP contribution in [0.15, 0.2) is 67.7 Å². The molecule has 4 N–H and O–H groups in total. The van der Waals surface area contributed by atoms with E-state index in [9.17, 15) is 58.8 Å². The molecule has 198 valence electrons. The fraction of sp³-hybridized carbons (Fsp3) is 0. The van der Waals surface area contributed by atoms with E-state index in [0.717, 1.165) is 48.5 Å². The number of carboxylic acids is 4. The zero-order chi connectivity index (χ0) is 29.2. The highest BCUT2D eigenvalue weighted by Gasteiger charge is 2.23. The summed E-state index contributed by atoms with van der Waals surface area (Å²) in [7, 11) is 0. The highest BCUT2D eigenvalue weighted by atomic mass is 16.4. The monoisotopic (exact) mass is 544 g/mol. The summed E-state index contributed by atoms with van der Waals surface area (Å²) in [4.78, 5) is 98.8. The Morgan fingerprint density at radius 1 is 0.400 bits per heavy atom. The molecule has 14 nitrogen and oxygen atoms in total. The zero-order valence-corrected chi connectivity index (χ0v) is 19.6. The van der Waals surface area contributed by atoms with Crippen LogP contribution in [-0.4, -0.2) is 53.4 Å². The molecule has 0 aliphatic rings. The molecule has 0 spiro atoms. The number of aromatic carboxylic acids is 4. The predicted molar refractivity (Wildman–Crippen MR) is 135 cm³/mol. The van der Waals surface area contributed by atoms with E-state index < -0.39 is 68.4 Å². The van der Waals surface area contributed by atoms with Crippen molar-refractivity contribution in [3.8, 4) is 11.4 Å². The van der Waals surface area contributed by atoms with Gasteiger partial charge in [0.25, 0.3) is 22.2 Å². The third kappa shape index (κ3) is 3.75. The number of aromatic nitrogens is 2. The Morgan fingerprint density at radius 2 is 0.625 bits per heavy atom. The van der Waals surface area contributed by atoms with Crippen LogP contribution in [0.2, 0.25) is 0 Å². The molecule has 0 aliphatic heterocycles. The quantitative estimate of drug-likeness (QED) is 0.231. The molecule has 0 saturated carbocycles. The van der Waals surface area contributed by atoms with Gasteiger partial charge < -0.3 is 20.4 Å². The molecule has 0 bridgehead atoms. The van der Waals surface area contributed by atoms with Crippen LogP contribution in [0.5, 0.6) is 0 Å². The Balaban J connectivity index is 1.81. The molecule has 0 amide bonds. The van der Waals surface area contributed by atoms with E-state index in [-0.39, 0.29) is 32.9 Å². The van der Waals surface area contributed by atoms with Crippen LogP contribution < -0.4 is 22.2 Å². The molecule has 40 heavy (non-hydrogen) atoms. The van der Waals surface area contributed by atoms with Crippen LogP contribution in [0, 0.1) is 0 Å². The molecule has 0 fully saturated rings. The topological polar surface area (TPSA) is 227 Å². The summed E-state index contributed by atoms with van der Waals surface area (Å²) in [6, 6.07) is 7.25. The maximum absolute atomic E-state index is 13.2. The first-order valence-corrected chi connectivity index (χ1v) is 11.0. The van der Waals surface area contributed by atoms with E-state index in [0.29, 0.717) is 9.13 Å². The van der Waals surface area contributed by atoms with Crippen LogP contribution in [-0.2, 0) is 0 Å². The summed E-state index contributed by atoms with van der Waals surface area (Å²) in [5.41, 5.74) is -6.90. The van der Waals surface area contributed by atoms with Crippen LogP contribution >= 0.6 is 0 Å². The summed E-state index contributed by atoms with van der Waals surface area (Å²) < 4.78 is 1.03. The number of carbonyl (C=O) groups is 4. The highest BCUT2D eigenvalue weighted by Crippen LogP contribution is 2.20. The van der Waals surface area contributed by atoms with Crippen LogP contribution in [0.3, 0.4) is 0 Å². The van der Waals surface area contributed by atoms with E-state index in [1.165, 1.54) is 0 Å². The Hall–Kier alpha value is -6.18. The van der Waals surface area contributed by atoms with Gasteiger partial charge in [0, 0.05) is 0 Å². The predicted octanol–water partition coefficient (Wildman–Crippen LogP) is 0.684. The molecular formula is C26H12N2O12. The number of rotatable bonds is 6. The second kappa shape index (κ2) is 8.70. The van der Waals surface area contributed by atoms with Gasteiger partial charge in [-0.05, 0) is 48.5 Å². The standard InChI is InChI=1S/C26H12N2O12/c29-19-15-7-17-18(22(32)28(21(17)31)14-5-11(25(37)38)2-12(6-14)26(39)40)8-16(15)20(30)27(19)13-3-9(23(33)34)1-10(4-13)24(35)36/h1-8H,(H,33,34)(H,35,36)(H,37,38)(H,39,40). The smallest absolute Gasteiger partial charge is 0.335 e. The molecule has 3 aromatic carbocycles. The minimum absolute atomic E-state index is 0.338. The van der Waals surface area contributed by atoms with Crippen molar-refractivity contribution in [2.45, 2.75) is 0 Å². The van der Waals surface area contributed by atoms with Crippen molar-refractivity contribution in [3.63, 3.8) is 0 Å². The van der Waals surface area contributed by atoms with Gasteiger partial charge in [-0.1, -0.05) is 0 Å². The van der Waals surface area contributed by atoms with Gasteiger partial charge in [-0.3, -0.25) is 19.2 Å². The van der Waals surface area contributed by atoms with Gasteiger partial charge in [0.05, 0.1) is 55.2 Å². The molecule has 2 heterocycles. The van der Waals surface area contributed by atoms with Crippen molar-refractivity contribution in [3.05, 3.63) is 112 Å². The second-order valence-electron chi connectivity index (χ2n) is 8.59. The molecule has 2 aromatic heterocycles. The third-order valence-electron chi connectivity index (χ3n) is 6.23. The van der Waals surface area contributed by atoms with E-state index in [4.69, 9.17) is 0 Å². The van der Waals surface area contributed by atoms with Gasteiger partial charge >= 0.3 is 23.9 Å².